The molecule has 0 unspecified atom stereocenters. The SMILES string of the molecule is O=C(O)c1ccc(OCCn2cnc([N+](=O)[O-])n2)cc1. The highest BCUT2D eigenvalue weighted by Crippen LogP contribution is 2.12. The fraction of sp³-hybridized carbons (Fsp3) is 0.182. The molecule has 0 spiro atoms. The van der Waals surface area contributed by atoms with Gasteiger partial charge in [0.2, 0.25) is 6.33 Å². The van der Waals surface area contributed by atoms with Crippen LogP contribution in [-0.4, -0.2) is 37.4 Å². The van der Waals surface area contributed by atoms with Crippen molar-refractivity contribution in [2.24, 2.45) is 0 Å². The molecule has 0 bridgehead atoms. The number of carboxylic acid groups (broad SMARTS) is 1. The van der Waals surface area contributed by atoms with Gasteiger partial charge in [-0.1, -0.05) is 4.98 Å². The van der Waals surface area contributed by atoms with Crippen molar-refractivity contribution in [1.29, 1.82) is 0 Å². The van der Waals surface area contributed by atoms with Gasteiger partial charge < -0.3 is 20.0 Å². The Morgan fingerprint density at radius 3 is 2.65 bits per heavy atom. The van der Waals surface area contributed by atoms with Crippen LogP contribution in [0.5, 0.6) is 5.75 Å². The summed E-state index contributed by atoms with van der Waals surface area (Å²) in [6, 6.07) is 5.93. The Balaban J connectivity index is 1.85. The summed E-state index contributed by atoms with van der Waals surface area (Å²) < 4.78 is 6.66. The van der Waals surface area contributed by atoms with Gasteiger partial charge in [0, 0.05) is 5.10 Å². The summed E-state index contributed by atoms with van der Waals surface area (Å²) >= 11 is 0. The molecule has 0 radical (unpaired) electrons. The number of aromatic carboxylic acids is 1. The summed E-state index contributed by atoms with van der Waals surface area (Å²) in [5.41, 5.74) is 0.171. The summed E-state index contributed by atoms with van der Waals surface area (Å²) in [5, 5.41) is 22.7. The molecular weight excluding hydrogens is 268 g/mol. The second-order valence-corrected chi connectivity index (χ2v) is 3.74. The Hall–Kier alpha value is -2.97. The van der Waals surface area contributed by atoms with Crippen LogP contribution in [0.4, 0.5) is 5.95 Å². The van der Waals surface area contributed by atoms with Crippen molar-refractivity contribution < 1.29 is 19.6 Å². The first-order chi connectivity index (χ1) is 9.56. The van der Waals surface area contributed by atoms with Gasteiger partial charge in [-0.25, -0.2) is 4.79 Å². The molecule has 2 aromatic rings. The Morgan fingerprint density at radius 2 is 2.10 bits per heavy atom. The molecule has 0 saturated heterocycles. The van der Waals surface area contributed by atoms with Gasteiger partial charge in [-0.2, -0.15) is 4.68 Å². The largest absolute Gasteiger partial charge is 0.492 e. The molecule has 0 amide bonds. The first-order valence-electron chi connectivity index (χ1n) is 5.56. The highest BCUT2D eigenvalue weighted by atomic mass is 16.6. The summed E-state index contributed by atoms with van der Waals surface area (Å²) in [4.78, 5) is 23.9. The van der Waals surface area contributed by atoms with E-state index >= 15 is 0 Å². The number of aromatic nitrogens is 3. The molecule has 1 N–H and O–H groups in total. The van der Waals surface area contributed by atoms with Crippen LogP contribution in [0, 0.1) is 10.1 Å². The minimum absolute atomic E-state index is 0.171. The van der Waals surface area contributed by atoms with E-state index in [1.807, 2.05) is 0 Å². The molecule has 0 atom stereocenters. The van der Waals surface area contributed by atoms with E-state index in [0.29, 0.717) is 12.3 Å². The Bertz CT molecular complexity index is 622. The number of carboxylic acids is 1. The lowest BCUT2D eigenvalue weighted by Gasteiger charge is -2.04. The smallest absolute Gasteiger partial charge is 0.490 e. The number of ether oxygens (including phenoxy) is 1. The standard InChI is InChI=1S/C11H10N4O5/c16-10(17)8-1-3-9(4-2-8)20-6-5-14-7-12-11(13-14)15(18)19/h1-4,7H,5-6H2,(H,16,17). The van der Waals surface area contributed by atoms with E-state index < -0.39 is 16.8 Å². The van der Waals surface area contributed by atoms with Gasteiger partial charge in [-0.05, 0) is 29.2 Å². The van der Waals surface area contributed by atoms with Gasteiger partial charge >= 0.3 is 11.9 Å². The first kappa shape index (κ1) is 13.5. The molecule has 9 heteroatoms. The van der Waals surface area contributed by atoms with Crippen molar-refractivity contribution in [3.05, 3.63) is 46.3 Å². The van der Waals surface area contributed by atoms with E-state index in [-0.39, 0.29) is 12.2 Å². The first-order valence-corrected chi connectivity index (χ1v) is 5.56. The molecule has 1 aromatic carbocycles. The van der Waals surface area contributed by atoms with Crippen molar-refractivity contribution in [2.75, 3.05) is 6.61 Å². The number of benzene rings is 1. The Kier molecular flexibility index (Phi) is 3.89. The maximum Gasteiger partial charge on any atom is 0.490 e. The predicted octanol–water partition coefficient (Wildman–Crippen LogP) is 0.963. The van der Waals surface area contributed by atoms with E-state index in [1.54, 1.807) is 0 Å². The van der Waals surface area contributed by atoms with Crippen molar-refractivity contribution in [3.8, 4) is 5.75 Å². The fourth-order valence-electron chi connectivity index (χ4n) is 1.43. The number of nitrogens with zero attached hydrogens (tertiary/aromatic N) is 4. The maximum atomic E-state index is 10.7. The lowest BCUT2D eigenvalue weighted by molar-refractivity contribution is -0.394. The third-order valence-electron chi connectivity index (χ3n) is 2.38. The molecule has 0 saturated carbocycles. The number of nitro groups is 1. The van der Waals surface area contributed by atoms with E-state index in [9.17, 15) is 14.9 Å². The molecule has 1 aromatic heterocycles. The number of carbonyl (C=O) groups is 1. The Morgan fingerprint density at radius 1 is 1.40 bits per heavy atom. The average Bonchev–Trinajstić information content (AvgIpc) is 2.88. The van der Waals surface area contributed by atoms with Crippen LogP contribution in [-0.2, 0) is 6.54 Å². The summed E-state index contributed by atoms with van der Waals surface area (Å²) in [5.74, 6) is -0.966. The average molecular weight is 278 g/mol. The zero-order valence-electron chi connectivity index (χ0n) is 10.2. The normalized spacial score (nSPS) is 10.2. The quantitative estimate of drug-likeness (QED) is 0.617. The highest BCUT2D eigenvalue weighted by molar-refractivity contribution is 5.87. The fourth-order valence-corrected chi connectivity index (χ4v) is 1.43. The van der Waals surface area contributed by atoms with E-state index in [1.165, 1.54) is 35.3 Å². The summed E-state index contributed by atoms with van der Waals surface area (Å²) in [6.45, 7) is 0.522. The third kappa shape index (κ3) is 3.28. The number of rotatable bonds is 6. The van der Waals surface area contributed by atoms with Crippen LogP contribution >= 0.6 is 0 Å². The lowest BCUT2D eigenvalue weighted by Crippen LogP contribution is -2.09. The van der Waals surface area contributed by atoms with E-state index in [0.717, 1.165) is 0 Å². The zero-order chi connectivity index (χ0) is 14.5. The zero-order valence-corrected chi connectivity index (χ0v) is 10.2. The van der Waals surface area contributed by atoms with E-state index in [2.05, 4.69) is 10.1 Å². The minimum atomic E-state index is -1.01. The molecular formula is C11H10N4O5. The van der Waals surface area contributed by atoms with Crippen LogP contribution in [0.3, 0.4) is 0 Å². The van der Waals surface area contributed by atoms with Crippen LogP contribution in [0.25, 0.3) is 0 Å². The third-order valence-corrected chi connectivity index (χ3v) is 2.38. The van der Waals surface area contributed by atoms with Gasteiger partial charge in [0.25, 0.3) is 0 Å². The van der Waals surface area contributed by atoms with Crippen molar-refractivity contribution in [1.82, 2.24) is 14.8 Å². The highest BCUT2D eigenvalue weighted by Gasteiger charge is 2.12. The topological polar surface area (TPSA) is 120 Å². The maximum absolute atomic E-state index is 10.7. The molecule has 2 rings (SSSR count). The molecule has 20 heavy (non-hydrogen) atoms. The van der Waals surface area contributed by atoms with Crippen LogP contribution in [0.1, 0.15) is 10.4 Å². The van der Waals surface area contributed by atoms with Gasteiger partial charge in [0.15, 0.2) is 0 Å². The molecule has 0 aliphatic rings. The van der Waals surface area contributed by atoms with Gasteiger partial charge in [0.05, 0.1) is 12.1 Å². The van der Waals surface area contributed by atoms with Crippen LogP contribution in [0.15, 0.2) is 30.6 Å². The van der Waals surface area contributed by atoms with Crippen molar-refractivity contribution in [3.63, 3.8) is 0 Å². The predicted molar refractivity (Wildman–Crippen MR) is 65.6 cm³/mol. The monoisotopic (exact) mass is 278 g/mol. The number of hydrogen-bond acceptors (Lipinski definition) is 6. The van der Waals surface area contributed by atoms with Crippen molar-refractivity contribution in [2.45, 2.75) is 6.54 Å². The second kappa shape index (κ2) is 5.78. The van der Waals surface area contributed by atoms with Gasteiger partial charge in [-0.15, -0.1) is 0 Å². The lowest BCUT2D eigenvalue weighted by atomic mass is 10.2. The second-order valence-electron chi connectivity index (χ2n) is 3.74. The van der Waals surface area contributed by atoms with Crippen LogP contribution in [0.2, 0.25) is 0 Å². The van der Waals surface area contributed by atoms with Gasteiger partial charge in [0.1, 0.15) is 12.4 Å². The number of hydrogen-bond donors (Lipinski definition) is 1. The molecule has 104 valence electrons. The molecule has 0 aliphatic heterocycles. The summed E-state index contributed by atoms with van der Waals surface area (Å²) in [6.07, 6.45) is 1.25. The molecule has 0 aliphatic carbocycles. The minimum Gasteiger partial charge on any atom is -0.492 e. The molecule has 0 fully saturated rings. The Labute approximate surface area is 112 Å². The van der Waals surface area contributed by atoms with E-state index in [4.69, 9.17) is 9.84 Å². The molecule has 9 nitrogen and oxygen atoms in total. The van der Waals surface area contributed by atoms with Crippen LogP contribution < -0.4 is 4.74 Å². The van der Waals surface area contributed by atoms with Gasteiger partial charge in [-0.3, -0.25) is 0 Å². The summed E-state index contributed by atoms with van der Waals surface area (Å²) in [7, 11) is 0. The molecule has 1 heterocycles. The van der Waals surface area contributed by atoms with Crippen molar-refractivity contribution >= 4 is 11.9 Å².